The van der Waals surface area contributed by atoms with Gasteiger partial charge in [-0.05, 0) is 25.0 Å². The Morgan fingerprint density at radius 1 is 1.25 bits per heavy atom. The zero-order valence-electron chi connectivity index (χ0n) is 8.97. The number of hydrogen-bond donors (Lipinski definition) is 2. The van der Waals surface area contributed by atoms with Crippen LogP contribution in [-0.4, -0.2) is 40.2 Å². The van der Waals surface area contributed by atoms with Crippen LogP contribution in [0.25, 0.3) is 0 Å². The van der Waals surface area contributed by atoms with Crippen molar-refractivity contribution in [2.45, 2.75) is 18.9 Å². The van der Waals surface area contributed by atoms with Gasteiger partial charge in [0.1, 0.15) is 5.75 Å². The van der Waals surface area contributed by atoms with Crippen LogP contribution in [0.15, 0.2) is 24.3 Å². The number of para-hydroxylation sites is 1. The Bertz CT molecular complexity index is 384. The fourth-order valence-electron chi connectivity index (χ4n) is 1.89. The van der Waals surface area contributed by atoms with Crippen LogP contribution < -0.4 is 0 Å². The van der Waals surface area contributed by atoms with Crippen LogP contribution in [0.1, 0.15) is 23.2 Å². The SMILES string of the molecule is O=C(c1ccccc1O)N1CCC(O)CC1. The molecule has 0 bridgehead atoms. The molecular weight excluding hydrogens is 206 g/mol. The fraction of sp³-hybridized carbons (Fsp3) is 0.417. The molecule has 1 aliphatic heterocycles. The summed E-state index contributed by atoms with van der Waals surface area (Å²) in [7, 11) is 0. The maximum atomic E-state index is 12.0. The Hall–Kier alpha value is -1.55. The highest BCUT2D eigenvalue weighted by Gasteiger charge is 2.23. The van der Waals surface area contributed by atoms with Crippen LogP contribution in [0, 0.1) is 0 Å². The number of piperidine rings is 1. The Kier molecular flexibility index (Phi) is 3.10. The molecule has 2 N–H and O–H groups in total. The molecule has 2 rings (SSSR count). The first-order valence-electron chi connectivity index (χ1n) is 5.44. The fourth-order valence-corrected chi connectivity index (χ4v) is 1.89. The third kappa shape index (κ3) is 2.17. The molecule has 1 amide bonds. The first-order valence-corrected chi connectivity index (χ1v) is 5.44. The number of carbonyl (C=O) groups excluding carboxylic acids is 1. The normalized spacial score (nSPS) is 17.4. The van der Waals surface area contributed by atoms with E-state index < -0.39 is 0 Å². The summed E-state index contributed by atoms with van der Waals surface area (Å²) in [6, 6.07) is 6.53. The van der Waals surface area contributed by atoms with Crippen molar-refractivity contribution >= 4 is 5.91 Å². The second-order valence-electron chi connectivity index (χ2n) is 4.04. The van der Waals surface area contributed by atoms with Gasteiger partial charge < -0.3 is 15.1 Å². The van der Waals surface area contributed by atoms with E-state index in [1.54, 1.807) is 23.1 Å². The lowest BCUT2D eigenvalue weighted by molar-refractivity contribution is 0.0544. The highest BCUT2D eigenvalue weighted by atomic mass is 16.3. The topological polar surface area (TPSA) is 60.8 Å². The average molecular weight is 221 g/mol. The summed E-state index contributed by atoms with van der Waals surface area (Å²) in [5.41, 5.74) is 0.332. The van der Waals surface area contributed by atoms with E-state index in [1.807, 2.05) is 0 Å². The van der Waals surface area contributed by atoms with Crippen LogP contribution in [0.2, 0.25) is 0 Å². The molecule has 1 aromatic rings. The predicted molar refractivity (Wildman–Crippen MR) is 59.3 cm³/mol. The third-order valence-electron chi connectivity index (χ3n) is 2.89. The van der Waals surface area contributed by atoms with Crippen LogP contribution >= 0.6 is 0 Å². The molecule has 1 aliphatic rings. The summed E-state index contributed by atoms with van der Waals surface area (Å²) in [4.78, 5) is 13.7. The molecule has 0 saturated carbocycles. The second kappa shape index (κ2) is 4.53. The predicted octanol–water partition coefficient (Wildman–Crippen LogP) is 0.989. The Labute approximate surface area is 94.1 Å². The molecule has 0 radical (unpaired) electrons. The summed E-state index contributed by atoms with van der Waals surface area (Å²) >= 11 is 0. The van der Waals surface area contributed by atoms with E-state index in [2.05, 4.69) is 0 Å². The van der Waals surface area contributed by atoms with Crippen LogP contribution in [0.5, 0.6) is 5.75 Å². The zero-order valence-corrected chi connectivity index (χ0v) is 8.97. The van der Waals surface area contributed by atoms with E-state index in [0.29, 0.717) is 31.5 Å². The van der Waals surface area contributed by atoms with Crippen molar-refractivity contribution in [2.75, 3.05) is 13.1 Å². The monoisotopic (exact) mass is 221 g/mol. The largest absolute Gasteiger partial charge is 0.507 e. The van der Waals surface area contributed by atoms with Gasteiger partial charge in [-0.2, -0.15) is 0 Å². The van der Waals surface area contributed by atoms with Crippen molar-refractivity contribution in [3.63, 3.8) is 0 Å². The number of phenols is 1. The van der Waals surface area contributed by atoms with Crippen LogP contribution in [0.4, 0.5) is 0 Å². The number of aliphatic hydroxyl groups is 1. The molecule has 1 fully saturated rings. The quantitative estimate of drug-likeness (QED) is 0.743. The van der Waals surface area contributed by atoms with Crippen LogP contribution in [0.3, 0.4) is 0 Å². The minimum atomic E-state index is -0.298. The van der Waals surface area contributed by atoms with Crippen molar-refractivity contribution in [3.05, 3.63) is 29.8 Å². The maximum Gasteiger partial charge on any atom is 0.257 e. The molecule has 16 heavy (non-hydrogen) atoms. The van der Waals surface area contributed by atoms with Crippen molar-refractivity contribution in [1.82, 2.24) is 4.90 Å². The molecule has 0 atom stereocenters. The standard InChI is InChI=1S/C12H15NO3/c14-9-5-7-13(8-6-9)12(16)10-3-1-2-4-11(10)15/h1-4,9,14-15H,5-8H2. The third-order valence-corrected chi connectivity index (χ3v) is 2.89. The molecule has 0 aromatic heterocycles. The first kappa shape index (κ1) is 11.0. The Balaban J connectivity index is 2.11. The second-order valence-corrected chi connectivity index (χ2v) is 4.04. The molecule has 4 nitrogen and oxygen atoms in total. The molecular formula is C12H15NO3. The van der Waals surface area contributed by atoms with Crippen molar-refractivity contribution in [3.8, 4) is 5.75 Å². The zero-order chi connectivity index (χ0) is 11.5. The van der Waals surface area contributed by atoms with Crippen molar-refractivity contribution in [1.29, 1.82) is 0 Å². The van der Waals surface area contributed by atoms with Gasteiger partial charge in [-0.1, -0.05) is 12.1 Å². The number of amides is 1. The number of likely N-dealkylation sites (tertiary alicyclic amines) is 1. The lowest BCUT2D eigenvalue weighted by Crippen LogP contribution is -2.40. The van der Waals surface area contributed by atoms with Crippen molar-refractivity contribution in [2.24, 2.45) is 0 Å². The summed E-state index contributed by atoms with van der Waals surface area (Å²) < 4.78 is 0. The highest BCUT2D eigenvalue weighted by molar-refractivity contribution is 5.96. The number of carbonyl (C=O) groups is 1. The lowest BCUT2D eigenvalue weighted by Gasteiger charge is -2.29. The highest BCUT2D eigenvalue weighted by Crippen LogP contribution is 2.20. The first-order chi connectivity index (χ1) is 7.68. The van der Waals surface area contributed by atoms with Gasteiger partial charge in [0.25, 0.3) is 5.91 Å². The molecule has 0 spiro atoms. The number of rotatable bonds is 1. The minimum absolute atomic E-state index is 0.0126. The summed E-state index contributed by atoms with van der Waals surface area (Å²) in [5, 5.41) is 18.9. The molecule has 1 aromatic carbocycles. The number of benzene rings is 1. The van der Waals surface area contributed by atoms with Gasteiger partial charge in [-0.3, -0.25) is 4.79 Å². The van der Waals surface area contributed by atoms with Crippen molar-refractivity contribution < 1.29 is 15.0 Å². The molecule has 0 aliphatic carbocycles. The number of hydrogen-bond acceptors (Lipinski definition) is 3. The maximum absolute atomic E-state index is 12.0. The van der Waals surface area contributed by atoms with Gasteiger partial charge in [-0.25, -0.2) is 0 Å². The smallest absolute Gasteiger partial charge is 0.257 e. The van der Waals surface area contributed by atoms with Gasteiger partial charge in [0.15, 0.2) is 0 Å². The Morgan fingerprint density at radius 3 is 2.50 bits per heavy atom. The van der Waals surface area contributed by atoms with Gasteiger partial charge in [-0.15, -0.1) is 0 Å². The Morgan fingerprint density at radius 2 is 1.88 bits per heavy atom. The number of aliphatic hydroxyl groups excluding tert-OH is 1. The van der Waals surface area contributed by atoms with E-state index in [-0.39, 0.29) is 17.8 Å². The minimum Gasteiger partial charge on any atom is -0.507 e. The molecule has 86 valence electrons. The molecule has 0 unspecified atom stereocenters. The van der Waals surface area contributed by atoms with Gasteiger partial charge in [0.2, 0.25) is 0 Å². The molecule has 4 heteroatoms. The number of nitrogens with zero attached hydrogens (tertiary/aromatic N) is 1. The summed E-state index contributed by atoms with van der Waals surface area (Å²) in [5.74, 6) is -0.149. The molecule has 1 saturated heterocycles. The van der Waals surface area contributed by atoms with Gasteiger partial charge in [0.05, 0.1) is 11.7 Å². The molecule has 1 heterocycles. The van der Waals surface area contributed by atoms with E-state index in [0.717, 1.165) is 0 Å². The van der Waals surface area contributed by atoms with Gasteiger partial charge >= 0.3 is 0 Å². The lowest BCUT2D eigenvalue weighted by atomic mass is 10.1. The van der Waals surface area contributed by atoms with E-state index in [4.69, 9.17) is 0 Å². The van der Waals surface area contributed by atoms with E-state index >= 15 is 0 Å². The van der Waals surface area contributed by atoms with Crippen LogP contribution in [-0.2, 0) is 0 Å². The average Bonchev–Trinajstić information content (AvgIpc) is 2.30. The number of phenolic OH excluding ortho intramolecular Hbond substituents is 1. The van der Waals surface area contributed by atoms with Gasteiger partial charge in [0, 0.05) is 13.1 Å². The van der Waals surface area contributed by atoms with E-state index in [9.17, 15) is 15.0 Å². The number of aromatic hydroxyl groups is 1. The summed E-state index contributed by atoms with van der Waals surface area (Å²) in [6.07, 6.45) is 0.923. The van der Waals surface area contributed by atoms with E-state index in [1.165, 1.54) is 6.07 Å². The summed E-state index contributed by atoms with van der Waals surface area (Å²) in [6.45, 7) is 1.10.